The topological polar surface area (TPSA) is 52.3 Å². The second-order valence-electron chi connectivity index (χ2n) is 5.92. The second kappa shape index (κ2) is 6.02. The van der Waals surface area contributed by atoms with Crippen LogP contribution in [0.1, 0.15) is 11.4 Å². The third kappa shape index (κ3) is 2.54. The Labute approximate surface area is 145 Å². The summed E-state index contributed by atoms with van der Waals surface area (Å²) in [6, 6.07) is 12.0. The first-order valence-electron chi connectivity index (χ1n) is 8.09. The minimum absolute atomic E-state index is 0.828. The van der Waals surface area contributed by atoms with Gasteiger partial charge >= 0.3 is 0 Å². The maximum Gasteiger partial charge on any atom is 0.163 e. The lowest BCUT2D eigenvalue weighted by atomic mass is 10.0. The molecule has 0 saturated carbocycles. The van der Waals surface area contributed by atoms with Crippen molar-refractivity contribution in [2.75, 3.05) is 7.11 Å². The van der Waals surface area contributed by atoms with Crippen LogP contribution in [0.5, 0.6) is 5.75 Å². The Balaban J connectivity index is 1.94. The summed E-state index contributed by atoms with van der Waals surface area (Å²) in [4.78, 5) is 8.92. The molecule has 4 rings (SSSR count). The van der Waals surface area contributed by atoms with Gasteiger partial charge in [-0.05, 0) is 49.2 Å². The van der Waals surface area contributed by atoms with E-state index in [-0.39, 0.29) is 0 Å². The van der Waals surface area contributed by atoms with Gasteiger partial charge in [-0.15, -0.1) is 0 Å². The fourth-order valence-electron chi connectivity index (χ4n) is 3.21. The van der Waals surface area contributed by atoms with Gasteiger partial charge in [-0.25, -0.2) is 9.50 Å². The van der Waals surface area contributed by atoms with E-state index in [4.69, 9.17) is 9.72 Å². The molecule has 0 aliphatic carbocycles. The van der Waals surface area contributed by atoms with Crippen LogP contribution in [0.3, 0.4) is 0 Å². The van der Waals surface area contributed by atoms with Gasteiger partial charge in [0.05, 0.1) is 19.0 Å². The molecule has 1 aromatic carbocycles. The highest BCUT2D eigenvalue weighted by Crippen LogP contribution is 2.31. The largest absolute Gasteiger partial charge is 0.497 e. The summed E-state index contributed by atoms with van der Waals surface area (Å²) in [6.07, 6.45) is 5.42. The normalized spacial score (nSPS) is 11.0. The van der Waals surface area contributed by atoms with Crippen LogP contribution in [0.15, 0.2) is 55.0 Å². The van der Waals surface area contributed by atoms with Crippen molar-refractivity contribution in [3.8, 4) is 28.0 Å². The molecule has 25 heavy (non-hydrogen) atoms. The molecule has 0 amide bonds. The van der Waals surface area contributed by atoms with Crippen LogP contribution in [0.4, 0.5) is 0 Å². The Morgan fingerprint density at radius 1 is 1.00 bits per heavy atom. The average Bonchev–Trinajstić information content (AvgIpc) is 3.06. The van der Waals surface area contributed by atoms with E-state index in [0.29, 0.717) is 0 Å². The van der Waals surface area contributed by atoms with Crippen LogP contribution >= 0.6 is 0 Å². The molecule has 0 fully saturated rings. The van der Waals surface area contributed by atoms with Gasteiger partial charge in [-0.3, -0.25) is 4.98 Å². The average molecular weight is 330 g/mol. The van der Waals surface area contributed by atoms with Crippen molar-refractivity contribution in [1.82, 2.24) is 19.6 Å². The van der Waals surface area contributed by atoms with Crippen molar-refractivity contribution in [1.29, 1.82) is 0 Å². The minimum atomic E-state index is 0.828. The number of rotatable bonds is 3. The molecule has 0 radical (unpaired) electrons. The highest BCUT2D eigenvalue weighted by atomic mass is 16.5. The summed E-state index contributed by atoms with van der Waals surface area (Å²) >= 11 is 0. The van der Waals surface area contributed by atoms with Gasteiger partial charge in [-0.2, -0.15) is 5.10 Å². The van der Waals surface area contributed by atoms with Crippen molar-refractivity contribution in [3.05, 3.63) is 66.4 Å². The zero-order chi connectivity index (χ0) is 17.4. The molecule has 0 aliphatic heterocycles. The van der Waals surface area contributed by atoms with E-state index in [1.165, 1.54) is 0 Å². The zero-order valence-corrected chi connectivity index (χ0v) is 14.4. The lowest BCUT2D eigenvalue weighted by molar-refractivity contribution is 0.415. The van der Waals surface area contributed by atoms with Crippen LogP contribution in [-0.4, -0.2) is 26.7 Å². The Morgan fingerprint density at radius 3 is 2.56 bits per heavy atom. The Morgan fingerprint density at radius 2 is 1.80 bits per heavy atom. The molecule has 0 aliphatic rings. The molecule has 0 bridgehead atoms. The van der Waals surface area contributed by atoms with E-state index < -0.39 is 0 Å². The van der Waals surface area contributed by atoms with E-state index in [0.717, 1.165) is 45.0 Å². The van der Waals surface area contributed by atoms with Crippen LogP contribution in [0, 0.1) is 13.8 Å². The van der Waals surface area contributed by atoms with E-state index in [2.05, 4.69) is 23.1 Å². The number of hydrogen-bond acceptors (Lipinski definition) is 4. The van der Waals surface area contributed by atoms with Gasteiger partial charge in [0, 0.05) is 29.2 Å². The molecule has 5 nitrogen and oxygen atoms in total. The fraction of sp³-hybridized carbons (Fsp3) is 0.150. The van der Waals surface area contributed by atoms with Crippen molar-refractivity contribution >= 4 is 5.65 Å². The van der Waals surface area contributed by atoms with E-state index in [9.17, 15) is 0 Å². The predicted molar refractivity (Wildman–Crippen MR) is 97.7 cm³/mol. The van der Waals surface area contributed by atoms with E-state index in [1.54, 1.807) is 19.5 Å². The smallest absolute Gasteiger partial charge is 0.163 e. The monoisotopic (exact) mass is 330 g/mol. The summed E-state index contributed by atoms with van der Waals surface area (Å²) in [5.41, 5.74) is 7.09. The molecule has 0 N–H and O–H groups in total. The van der Waals surface area contributed by atoms with Gasteiger partial charge in [0.1, 0.15) is 5.75 Å². The SMILES string of the molecule is COc1cccc(-c2c(C)nc3c(-c4ccncc4)cnn3c2C)c1. The predicted octanol–water partition coefficient (Wildman–Crippen LogP) is 4.08. The van der Waals surface area contributed by atoms with E-state index >= 15 is 0 Å². The molecule has 0 spiro atoms. The molecule has 5 heteroatoms. The zero-order valence-electron chi connectivity index (χ0n) is 14.4. The second-order valence-corrected chi connectivity index (χ2v) is 5.92. The molecule has 124 valence electrons. The number of methoxy groups -OCH3 is 1. The highest BCUT2D eigenvalue weighted by Gasteiger charge is 2.16. The van der Waals surface area contributed by atoms with Crippen molar-refractivity contribution in [3.63, 3.8) is 0 Å². The van der Waals surface area contributed by atoms with Crippen LogP contribution in [0.2, 0.25) is 0 Å². The van der Waals surface area contributed by atoms with Gasteiger partial charge in [0.15, 0.2) is 5.65 Å². The van der Waals surface area contributed by atoms with Crippen LogP contribution < -0.4 is 4.74 Å². The molecule has 4 aromatic rings. The van der Waals surface area contributed by atoms with Gasteiger partial charge in [-0.1, -0.05) is 12.1 Å². The number of nitrogens with zero attached hydrogens (tertiary/aromatic N) is 4. The third-order valence-electron chi connectivity index (χ3n) is 4.41. The summed E-state index contributed by atoms with van der Waals surface area (Å²) in [6.45, 7) is 4.10. The minimum Gasteiger partial charge on any atom is -0.497 e. The Kier molecular flexibility index (Phi) is 3.69. The number of aromatic nitrogens is 4. The quantitative estimate of drug-likeness (QED) is 0.568. The maximum atomic E-state index is 5.36. The van der Waals surface area contributed by atoms with Gasteiger partial charge in [0.25, 0.3) is 0 Å². The lowest BCUT2D eigenvalue weighted by Gasteiger charge is -2.12. The number of hydrogen-bond donors (Lipinski definition) is 0. The molecule has 0 unspecified atom stereocenters. The first-order chi connectivity index (χ1) is 12.2. The highest BCUT2D eigenvalue weighted by molar-refractivity contribution is 5.79. The van der Waals surface area contributed by atoms with Crippen molar-refractivity contribution in [2.45, 2.75) is 13.8 Å². The molecule has 3 heterocycles. The number of fused-ring (bicyclic) bond motifs is 1. The van der Waals surface area contributed by atoms with Gasteiger partial charge in [0.2, 0.25) is 0 Å². The van der Waals surface area contributed by atoms with Crippen molar-refractivity contribution in [2.24, 2.45) is 0 Å². The van der Waals surface area contributed by atoms with Gasteiger partial charge < -0.3 is 4.74 Å². The molecular formula is C20H18N4O. The Bertz CT molecular complexity index is 1050. The summed E-state index contributed by atoms with van der Waals surface area (Å²) in [5, 5.41) is 4.57. The maximum absolute atomic E-state index is 5.36. The number of ether oxygens (including phenoxy) is 1. The Hall–Kier alpha value is -3.21. The van der Waals surface area contributed by atoms with Crippen LogP contribution in [0.25, 0.3) is 27.9 Å². The molecule has 0 atom stereocenters. The summed E-state index contributed by atoms with van der Waals surface area (Å²) in [5.74, 6) is 0.828. The number of benzene rings is 1. The lowest BCUT2D eigenvalue weighted by Crippen LogP contribution is -2.02. The summed E-state index contributed by atoms with van der Waals surface area (Å²) < 4.78 is 7.26. The molecule has 0 saturated heterocycles. The number of aryl methyl sites for hydroxylation is 2. The van der Waals surface area contributed by atoms with Crippen LogP contribution in [-0.2, 0) is 0 Å². The molecular weight excluding hydrogens is 312 g/mol. The number of pyridine rings is 1. The standard InChI is InChI=1S/C20H18N4O/c1-13-19(16-5-4-6-17(11-16)25-3)14(2)24-20(23-13)18(12-22-24)15-7-9-21-10-8-15/h4-12H,1-3H3. The first kappa shape index (κ1) is 15.3. The fourth-order valence-corrected chi connectivity index (χ4v) is 3.21. The first-order valence-corrected chi connectivity index (χ1v) is 8.09. The van der Waals surface area contributed by atoms with Crippen molar-refractivity contribution < 1.29 is 4.74 Å². The molecule has 3 aromatic heterocycles. The van der Waals surface area contributed by atoms with E-state index in [1.807, 2.05) is 48.0 Å². The third-order valence-corrected chi connectivity index (χ3v) is 4.41. The summed E-state index contributed by atoms with van der Waals surface area (Å²) in [7, 11) is 1.68.